The van der Waals surface area contributed by atoms with Crippen LogP contribution in [0.25, 0.3) is 0 Å². The molecule has 0 heterocycles. The molecule has 2 nitrogen and oxygen atoms in total. The monoisotopic (exact) mass is 480 g/mol. The van der Waals surface area contributed by atoms with Gasteiger partial charge in [0.25, 0.3) is 0 Å². The molecule has 0 amide bonds. The van der Waals surface area contributed by atoms with Crippen molar-refractivity contribution in [3.05, 3.63) is 0 Å². The third kappa shape index (κ3) is 18.2. The van der Waals surface area contributed by atoms with E-state index in [2.05, 4.69) is 6.92 Å². The van der Waals surface area contributed by atoms with Gasteiger partial charge in [0.15, 0.2) is 0 Å². The van der Waals surface area contributed by atoms with E-state index in [4.69, 9.17) is 0 Å². The fourth-order valence-electron chi connectivity index (χ4n) is 5.89. The van der Waals surface area contributed by atoms with Crippen molar-refractivity contribution in [2.24, 2.45) is 0 Å². The van der Waals surface area contributed by atoms with E-state index in [9.17, 15) is 10.2 Å². The highest BCUT2D eigenvalue weighted by atomic mass is 16.3. The predicted molar refractivity (Wildman–Crippen MR) is 151 cm³/mol. The fraction of sp³-hybridized carbons (Fsp3) is 1.00. The zero-order chi connectivity index (χ0) is 24.6. The highest BCUT2D eigenvalue weighted by molar-refractivity contribution is 4.86. The first-order chi connectivity index (χ1) is 16.7. The first kappa shape index (κ1) is 31.9. The van der Waals surface area contributed by atoms with Crippen molar-refractivity contribution in [3.8, 4) is 0 Å². The Labute approximate surface area is 215 Å². The Hall–Kier alpha value is -0.0800. The lowest BCUT2D eigenvalue weighted by Crippen LogP contribution is -2.42. The second-order valence-corrected chi connectivity index (χ2v) is 11.7. The maximum atomic E-state index is 11.5. The van der Waals surface area contributed by atoms with Gasteiger partial charge in [-0.25, -0.2) is 0 Å². The average Bonchev–Trinajstić information content (AvgIpc) is 2.83. The third-order valence-electron chi connectivity index (χ3n) is 8.42. The zero-order valence-electron chi connectivity index (χ0n) is 23.5. The summed E-state index contributed by atoms with van der Waals surface area (Å²) in [6, 6.07) is 0. The minimum absolute atomic E-state index is 0.534. The predicted octanol–water partition coefficient (Wildman–Crippen LogP) is 10.4. The zero-order valence-corrected chi connectivity index (χ0v) is 23.5. The van der Waals surface area contributed by atoms with E-state index in [0.29, 0.717) is 0 Å². The number of hydrogen-bond donors (Lipinski definition) is 2. The highest BCUT2D eigenvalue weighted by Crippen LogP contribution is 2.30. The lowest BCUT2D eigenvalue weighted by molar-refractivity contribution is -0.0919. The van der Waals surface area contributed by atoms with Gasteiger partial charge in [-0.05, 0) is 19.3 Å². The van der Waals surface area contributed by atoms with Gasteiger partial charge in [-0.2, -0.15) is 0 Å². The van der Waals surface area contributed by atoms with Crippen LogP contribution in [0, 0.1) is 0 Å². The second kappa shape index (κ2) is 23.3. The Bertz CT molecular complexity index is 386. The summed E-state index contributed by atoms with van der Waals surface area (Å²) >= 11 is 0. The highest BCUT2D eigenvalue weighted by Gasteiger charge is 2.33. The molecule has 2 heteroatoms. The molecule has 0 spiro atoms. The Morgan fingerprint density at radius 3 is 1.12 bits per heavy atom. The first-order valence-corrected chi connectivity index (χ1v) is 16.1. The quantitative estimate of drug-likeness (QED) is 0.322. The van der Waals surface area contributed by atoms with Crippen molar-refractivity contribution in [3.63, 3.8) is 0 Å². The Kier molecular flexibility index (Phi) is 21.9. The average molecular weight is 481 g/mol. The van der Waals surface area contributed by atoms with Crippen LogP contribution in [0.4, 0.5) is 0 Å². The molecule has 0 aromatic carbocycles. The number of aliphatic hydroxyl groups is 2. The number of rotatable bonds is 9. The van der Waals surface area contributed by atoms with Crippen LogP contribution in [-0.4, -0.2) is 21.9 Å². The summed E-state index contributed by atoms with van der Waals surface area (Å²) in [5, 5.41) is 22.5. The number of aliphatic hydroxyl groups excluding tert-OH is 1. The molecule has 1 aliphatic rings. The van der Waals surface area contributed by atoms with Crippen molar-refractivity contribution in [1.29, 1.82) is 0 Å². The van der Waals surface area contributed by atoms with Crippen LogP contribution in [0.2, 0.25) is 0 Å². The van der Waals surface area contributed by atoms with Gasteiger partial charge in [0.05, 0.1) is 11.7 Å². The fourth-order valence-corrected chi connectivity index (χ4v) is 5.89. The van der Waals surface area contributed by atoms with Crippen molar-refractivity contribution in [2.45, 2.75) is 205 Å². The summed E-state index contributed by atoms with van der Waals surface area (Å²) < 4.78 is 0. The molecular weight excluding hydrogens is 416 g/mol. The van der Waals surface area contributed by atoms with Gasteiger partial charge < -0.3 is 10.2 Å². The maximum Gasteiger partial charge on any atom is 0.0905 e. The van der Waals surface area contributed by atoms with Crippen molar-refractivity contribution >= 4 is 0 Å². The smallest absolute Gasteiger partial charge is 0.0905 e. The topological polar surface area (TPSA) is 40.5 Å². The molecule has 204 valence electrons. The summed E-state index contributed by atoms with van der Waals surface area (Å²) in [6.07, 6.45) is 36.2. The molecule has 1 unspecified atom stereocenters. The van der Waals surface area contributed by atoms with E-state index in [1.807, 2.05) is 0 Å². The molecule has 0 aliphatic heterocycles. The van der Waals surface area contributed by atoms with E-state index in [1.165, 1.54) is 148 Å². The molecule has 1 saturated carbocycles. The molecule has 1 fully saturated rings. The molecule has 0 saturated heterocycles. The molecule has 0 aromatic rings. The summed E-state index contributed by atoms with van der Waals surface area (Å²) in [7, 11) is 0. The lowest BCUT2D eigenvalue weighted by atomic mass is 9.82. The van der Waals surface area contributed by atoms with E-state index in [1.54, 1.807) is 0 Å². The normalized spacial score (nSPS) is 22.3. The van der Waals surface area contributed by atoms with Gasteiger partial charge >= 0.3 is 0 Å². The maximum absolute atomic E-state index is 11.5. The Balaban J connectivity index is 2.39. The van der Waals surface area contributed by atoms with Crippen molar-refractivity contribution in [2.75, 3.05) is 0 Å². The van der Waals surface area contributed by atoms with Crippen molar-refractivity contribution < 1.29 is 10.2 Å². The molecule has 0 aromatic heterocycles. The third-order valence-corrected chi connectivity index (χ3v) is 8.42. The minimum atomic E-state index is -0.848. The van der Waals surface area contributed by atoms with Crippen LogP contribution in [0.1, 0.15) is 193 Å². The van der Waals surface area contributed by atoms with E-state index in [0.717, 1.165) is 38.5 Å². The summed E-state index contributed by atoms with van der Waals surface area (Å²) in [5.41, 5.74) is -0.848. The van der Waals surface area contributed by atoms with Crippen LogP contribution in [0.5, 0.6) is 0 Å². The SMILES string of the molecule is CCCCCCCCCC(O)C1(O)CCCCCCCCCCCCCCCCCCCCC1. The molecule has 1 atom stereocenters. The molecular formula is C32H64O2. The second-order valence-electron chi connectivity index (χ2n) is 11.7. The largest absolute Gasteiger partial charge is 0.390 e. The summed E-state index contributed by atoms with van der Waals surface area (Å²) in [6.45, 7) is 2.26. The minimum Gasteiger partial charge on any atom is -0.390 e. The van der Waals surface area contributed by atoms with Crippen LogP contribution in [-0.2, 0) is 0 Å². The molecule has 1 aliphatic carbocycles. The van der Waals surface area contributed by atoms with Gasteiger partial charge in [-0.15, -0.1) is 0 Å². The Morgan fingerprint density at radius 2 is 0.765 bits per heavy atom. The molecule has 0 bridgehead atoms. The van der Waals surface area contributed by atoms with E-state index >= 15 is 0 Å². The van der Waals surface area contributed by atoms with Crippen LogP contribution < -0.4 is 0 Å². The first-order valence-electron chi connectivity index (χ1n) is 16.1. The van der Waals surface area contributed by atoms with Crippen LogP contribution in [0.15, 0.2) is 0 Å². The summed E-state index contributed by atoms with van der Waals surface area (Å²) in [5.74, 6) is 0. The van der Waals surface area contributed by atoms with Crippen LogP contribution in [0.3, 0.4) is 0 Å². The lowest BCUT2D eigenvalue weighted by Gasteiger charge is -2.34. The van der Waals surface area contributed by atoms with Gasteiger partial charge in [-0.3, -0.25) is 0 Å². The molecule has 2 N–H and O–H groups in total. The molecule has 34 heavy (non-hydrogen) atoms. The van der Waals surface area contributed by atoms with Crippen molar-refractivity contribution in [1.82, 2.24) is 0 Å². The van der Waals surface area contributed by atoms with Gasteiger partial charge in [-0.1, -0.05) is 174 Å². The van der Waals surface area contributed by atoms with Crippen LogP contribution >= 0.6 is 0 Å². The van der Waals surface area contributed by atoms with E-state index in [-0.39, 0.29) is 0 Å². The number of hydrogen-bond acceptors (Lipinski definition) is 2. The number of unbranched alkanes of at least 4 members (excludes halogenated alkanes) is 6. The summed E-state index contributed by atoms with van der Waals surface area (Å²) in [4.78, 5) is 0. The Morgan fingerprint density at radius 1 is 0.471 bits per heavy atom. The van der Waals surface area contributed by atoms with Gasteiger partial charge in [0.2, 0.25) is 0 Å². The molecule has 1 rings (SSSR count). The molecule has 0 radical (unpaired) electrons. The van der Waals surface area contributed by atoms with Gasteiger partial charge in [0.1, 0.15) is 0 Å². The standard InChI is InChI=1S/C32H64O2/c1-2-3-4-5-19-22-25-28-31(33)32(34)29-26-23-20-17-15-13-11-9-7-6-8-10-12-14-16-18-21-24-27-30-32/h31,33-34H,2-30H2,1H3. The van der Waals surface area contributed by atoms with E-state index < -0.39 is 11.7 Å². The van der Waals surface area contributed by atoms with Gasteiger partial charge in [0, 0.05) is 0 Å².